The van der Waals surface area contributed by atoms with Crippen molar-refractivity contribution in [3.8, 4) is 0 Å². The number of carbonyl (C=O) groups excluding carboxylic acids is 2. The van der Waals surface area contributed by atoms with Gasteiger partial charge in [-0.1, -0.05) is 17.7 Å². The zero-order chi connectivity index (χ0) is 19.7. The van der Waals surface area contributed by atoms with Gasteiger partial charge in [0.25, 0.3) is 0 Å². The third-order valence-corrected chi connectivity index (χ3v) is 5.76. The van der Waals surface area contributed by atoms with E-state index >= 15 is 0 Å². The molecule has 1 aliphatic carbocycles. The lowest BCUT2D eigenvalue weighted by atomic mass is 10.2. The summed E-state index contributed by atoms with van der Waals surface area (Å²) in [6.07, 6.45) is 3.04. The molecule has 1 heterocycles. The topological polar surface area (TPSA) is 61.4 Å². The molecule has 1 saturated carbocycles. The second-order valence-corrected chi connectivity index (χ2v) is 8.06. The van der Waals surface area contributed by atoms with Crippen LogP contribution < -0.4 is 15.5 Å². The summed E-state index contributed by atoms with van der Waals surface area (Å²) < 4.78 is 0. The van der Waals surface area contributed by atoms with E-state index in [1.54, 1.807) is 12.1 Å². The van der Waals surface area contributed by atoms with Gasteiger partial charge < -0.3 is 15.5 Å². The zero-order valence-electron chi connectivity index (χ0n) is 15.9. The van der Waals surface area contributed by atoms with E-state index in [0.717, 1.165) is 24.3 Å². The van der Waals surface area contributed by atoms with Crippen molar-refractivity contribution in [1.29, 1.82) is 0 Å². The first-order valence-corrected chi connectivity index (χ1v) is 10.1. The maximum atomic E-state index is 12.5. The first kappa shape index (κ1) is 18.8. The van der Waals surface area contributed by atoms with Crippen molar-refractivity contribution in [2.45, 2.75) is 26.2 Å². The van der Waals surface area contributed by atoms with Crippen LogP contribution >= 0.6 is 11.6 Å². The highest BCUT2D eigenvalue weighted by atomic mass is 35.5. The maximum Gasteiger partial charge on any atom is 0.228 e. The van der Waals surface area contributed by atoms with Gasteiger partial charge in [0.05, 0.1) is 11.8 Å². The summed E-state index contributed by atoms with van der Waals surface area (Å²) in [6.45, 7) is 4.10. The number of anilines is 3. The van der Waals surface area contributed by atoms with Crippen molar-refractivity contribution in [2.24, 2.45) is 11.8 Å². The molecule has 2 amide bonds. The molecule has 2 fully saturated rings. The lowest BCUT2D eigenvalue weighted by Gasteiger charge is -2.17. The third kappa shape index (κ3) is 4.14. The van der Waals surface area contributed by atoms with E-state index in [-0.39, 0.29) is 23.7 Å². The number of carbonyl (C=O) groups is 2. The van der Waals surface area contributed by atoms with E-state index in [1.807, 2.05) is 37.3 Å². The fourth-order valence-corrected chi connectivity index (χ4v) is 3.87. The highest BCUT2D eigenvalue weighted by Gasteiger charge is 2.48. The Labute approximate surface area is 170 Å². The molecule has 2 aromatic carbocycles. The molecule has 146 valence electrons. The molecule has 0 bridgehead atoms. The van der Waals surface area contributed by atoms with E-state index in [2.05, 4.69) is 15.5 Å². The molecule has 1 aliphatic heterocycles. The van der Waals surface area contributed by atoms with Crippen molar-refractivity contribution in [2.75, 3.05) is 28.6 Å². The van der Waals surface area contributed by atoms with Gasteiger partial charge in [0.1, 0.15) is 0 Å². The SMILES string of the molecule is Cc1ccc(Cl)cc1NC(=O)C1CC1C(=O)Nc1ccc(N2CCCC2)cc1. The fraction of sp³-hybridized carbons (Fsp3) is 0.364. The van der Waals surface area contributed by atoms with Gasteiger partial charge in [-0.2, -0.15) is 0 Å². The molecule has 0 spiro atoms. The van der Waals surface area contributed by atoms with Crippen LogP contribution in [0.4, 0.5) is 17.1 Å². The number of amides is 2. The highest BCUT2D eigenvalue weighted by molar-refractivity contribution is 6.31. The number of nitrogens with one attached hydrogen (secondary N) is 2. The summed E-state index contributed by atoms with van der Waals surface area (Å²) in [6, 6.07) is 13.3. The summed E-state index contributed by atoms with van der Waals surface area (Å²) in [4.78, 5) is 27.3. The lowest BCUT2D eigenvalue weighted by molar-refractivity contribution is -0.122. The van der Waals surface area contributed by atoms with Crippen LogP contribution in [0.15, 0.2) is 42.5 Å². The van der Waals surface area contributed by atoms with Crippen LogP contribution in [0.3, 0.4) is 0 Å². The number of hydrogen-bond acceptors (Lipinski definition) is 3. The van der Waals surface area contributed by atoms with Crippen LogP contribution in [0, 0.1) is 18.8 Å². The van der Waals surface area contributed by atoms with Crippen molar-refractivity contribution in [1.82, 2.24) is 0 Å². The van der Waals surface area contributed by atoms with E-state index in [9.17, 15) is 9.59 Å². The third-order valence-electron chi connectivity index (χ3n) is 5.53. The smallest absolute Gasteiger partial charge is 0.228 e. The number of aryl methyl sites for hydroxylation is 1. The first-order valence-electron chi connectivity index (χ1n) is 9.74. The monoisotopic (exact) mass is 397 g/mol. The van der Waals surface area contributed by atoms with Crippen LogP contribution in [0.5, 0.6) is 0 Å². The average Bonchev–Trinajstić information content (AvgIpc) is 3.31. The molecule has 6 heteroatoms. The van der Waals surface area contributed by atoms with E-state index in [4.69, 9.17) is 11.6 Å². The van der Waals surface area contributed by atoms with Crippen molar-refractivity contribution >= 4 is 40.5 Å². The molecule has 2 aliphatic rings. The predicted octanol–water partition coefficient (Wildman–Crippen LogP) is 4.46. The summed E-state index contributed by atoms with van der Waals surface area (Å²) >= 11 is 6.00. The number of nitrogens with zero attached hydrogens (tertiary/aromatic N) is 1. The minimum absolute atomic E-state index is 0.100. The minimum Gasteiger partial charge on any atom is -0.372 e. The summed E-state index contributed by atoms with van der Waals surface area (Å²) in [5.41, 5.74) is 3.60. The summed E-state index contributed by atoms with van der Waals surface area (Å²) in [5.74, 6) is -0.799. The predicted molar refractivity (Wildman–Crippen MR) is 113 cm³/mol. The molecule has 2 unspecified atom stereocenters. The Bertz CT molecular complexity index is 891. The number of rotatable bonds is 5. The molecular weight excluding hydrogens is 374 g/mol. The van der Waals surface area contributed by atoms with Crippen LogP contribution in [0.25, 0.3) is 0 Å². The average molecular weight is 398 g/mol. The Morgan fingerprint density at radius 1 is 0.964 bits per heavy atom. The van der Waals surface area contributed by atoms with Crippen molar-refractivity contribution < 1.29 is 9.59 Å². The molecule has 0 radical (unpaired) electrons. The zero-order valence-corrected chi connectivity index (χ0v) is 16.6. The molecule has 2 N–H and O–H groups in total. The molecule has 2 aromatic rings. The quantitative estimate of drug-likeness (QED) is 0.782. The Morgan fingerprint density at radius 3 is 2.29 bits per heavy atom. The van der Waals surface area contributed by atoms with E-state index < -0.39 is 0 Å². The summed E-state index contributed by atoms with van der Waals surface area (Å²) in [5, 5.41) is 6.40. The van der Waals surface area contributed by atoms with Gasteiger partial charge in [-0.3, -0.25) is 9.59 Å². The van der Waals surface area contributed by atoms with E-state index in [0.29, 0.717) is 17.1 Å². The summed E-state index contributed by atoms with van der Waals surface area (Å²) in [7, 11) is 0. The van der Waals surface area contributed by atoms with E-state index in [1.165, 1.54) is 18.5 Å². The Kier molecular flexibility index (Phi) is 5.27. The second kappa shape index (κ2) is 7.84. The van der Waals surface area contributed by atoms with Gasteiger partial charge in [0, 0.05) is 35.2 Å². The molecule has 5 nitrogen and oxygen atoms in total. The van der Waals surface area contributed by atoms with Gasteiger partial charge in [-0.15, -0.1) is 0 Å². The van der Waals surface area contributed by atoms with Crippen LogP contribution in [-0.4, -0.2) is 24.9 Å². The van der Waals surface area contributed by atoms with Gasteiger partial charge in [0.2, 0.25) is 11.8 Å². The number of benzene rings is 2. The highest BCUT2D eigenvalue weighted by Crippen LogP contribution is 2.40. The van der Waals surface area contributed by atoms with Crippen molar-refractivity contribution in [3.05, 3.63) is 53.1 Å². The normalized spacial score (nSPS) is 20.7. The van der Waals surface area contributed by atoms with Gasteiger partial charge >= 0.3 is 0 Å². The van der Waals surface area contributed by atoms with Gasteiger partial charge in [-0.25, -0.2) is 0 Å². The molecule has 28 heavy (non-hydrogen) atoms. The second-order valence-electron chi connectivity index (χ2n) is 7.63. The number of halogens is 1. The van der Waals surface area contributed by atoms with Crippen LogP contribution in [0.1, 0.15) is 24.8 Å². The van der Waals surface area contributed by atoms with Gasteiger partial charge in [-0.05, 0) is 68.1 Å². The van der Waals surface area contributed by atoms with Crippen LogP contribution in [0.2, 0.25) is 5.02 Å². The standard InChI is InChI=1S/C22H24ClN3O2/c1-14-4-5-15(23)12-20(14)25-22(28)19-13-18(19)21(27)24-16-6-8-17(9-7-16)26-10-2-3-11-26/h4-9,12,18-19H,2-3,10-11,13H2,1H3,(H,24,27)(H,25,28). The molecule has 1 saturated heterocycles. The van der Waals surface area contributed by atoms with Crippen LogP contribution in [-0.2, 0) is 9.59 Å². The minimum atomic E-state index is -0.290. The Hall–Kier alpha value is -2.53. The van der Waals surface area contributed by atoms with Crippen molar-refractivity contribution in [3.63, 3.8) is 0 Å². The molecule has 2 atom stereocenters. The maximum absolute atomic E-state index is 12.5. The Morgan fingerprint density at radius 2 is 1.61 bits per heavy atom. The molecule has 4 rings (SSSR count). The molecule has 0 aromatic heterocycles. The largest absolute Gasteiger partial charge is 0.372 e. The number of hydrogen-bond donors (Lipinski definition) is 2. The Balaban J connectivity index is 1.31. The van der Waals surface area contributed by atoms with Gasteiger partial charge in [0.15, 0.2) is 0 Å². The molecular formula is C22H24ClN3O2. The first-order chi connectivity index (χ1) is 13.5. The lowest BCUT2D eigenvalue weighted by Crippen LogP contribution is -2.21. The fourth-order valence-electron chi connectivity index (χ4n) is 3.69.